The first-order chi connectivity index (χ1) is 10.1. The quantitative estimate of drug-likeness (QED) is 0.746. The number of rotatable bonds is 6. The van der Waals surface area contributed by atoms with E-state index >= 15 is 0 Å². The molecule has 2 aromatic heterocycles. The molecule has 0 atom stereocenters. The predicted octanol–water partition coefficient (Wildman–Crippen LogP) is 1.16. The maximum absolute atomic E-state index is 12.1. The lowest BCUT2D eigenvalue weighted by molar-refractivity contribution is -0.143. The molecule has 112 valence electrons. The summed E-state index contributed by atoms with van der Waals surface area (Å²) in [6, 6.07) is 5.11. The number of aromatic nitrogens is 2. The van der Waals surface area contributed by atoms with Crippen molar-refractivity contribution in [1.82, 2.24) is 14.7 Å². The molecule has 0 bridgehead atoms. The molecule has 0 radical (unpaired) electrons. The lowest BCUT2D eigenvalue weighted by Gasteiger charge is -2.14. The van der Waals surface area contributed by atoms with Gasteiger partial charge in [-0.25, -0.2) is 0 Å². The summed E-state index contributed by atoms with van der Waals surface area (Å²) in [7, 11) is 1.52. The van der Waals surface area contributed by atoms with E-state index in [0.29, 0.717) is 12.3 Å². The number of amides is 1. The van der Waals surface area contributed by atoms with Crippen molar-refractivity contribution in [2.75, 3.05) is 20.2 Å². The number of likely N-dealkylation sites (N-methyl/N-ethyl adjacent to an activating group) is 1. The van der Waals surface area contributed by atoms with Crippen molar-refractivity contribution in [3.8, 4) is 0 Å². The molecular formula is C14H17N3O4. The number of hydrogen-bond acceptors (Lipinski definition) is 5. The minimum atomic E-state index is -0.448. The number of nitrogens with zero attached hydrogens (tertiary/aromatic N) is 3. The smallest absolute Gasteiger partial charge is 0.325 e. The Hall–Kier alpha value is -2.57. The van der Waals surface area contributed by atoms with E-state index in [1.165, 1.54) is 11.9 Å². The molecule has 0 saturated heterocycles. The first-order valence-corrected chi connectivity index (χ1v) is 6.57. The Morgan fingerprint density at radius 1 is 1.43 bits per heavy atom. The van der Waals surface area contributed by atoms with Crippen molar-refractivity contribution in [1.29, 1.82) is 0 Å². The van der Waals surface area contributed by atoms with Crippen LogP contribution in [0, 0.1) is 0 Å². The van der Waals surface area contributed by atoms with Crippen molar-refractivity contribution in [2.45, 2.75) is 13.5 Å². The molecular weight excluding hydrogens is 274 g/mol. The topological polar surface area (TPSA) is 77.6 Å². The molecule has 0 spiro atoms. The van der Waals surface area contributed by atoms with Crippen LogP contribution >= 0.6 is 0 Å². The summed E-state index contributed by atoms with van der Waals surface area (Å²) in [6.07, 6.45) is 3.47. The van der Waals surface area contributed by atoms with E-state index < -0.39 is 5.97 Å². The van der Waals surface area contributed by atoms with Gasteiger partial charge in [0, 0.05) is 19.4 Å². The van der Waals surface area contributed by atoms with Crippen LogP contribution in [0.4, 0.5) is 0 Å². The molecule has 2 aromatic rings. The second kappa shape index (κ2) is 6.74. The van der Waals surface area contributed by atoms with Crippen LogP contribution in [0.2, 0.25) is 0 Å². The Labute approximate surface area is 122 Å². The van der Waals surface area contributed by atoms with E-state index in [1.807, 2.05) is 6.07 Å². The van der Waals surface area contributed by atoms with Gasteiger partial charge in [-0.15, -0.1) is 0 Å². The molecule has 0 aliphatic heterocycles. The van der Waals surface area contributed by atoms with E-state index in [0.717, 1.165) is 0 Å². The van der Waals surface area contributed by atoms with Gasteiger partial charge in [0.15, 0.2) is 5.76 Å². The van der Waals surface area contributed by atoms with Gasteiger partial charge in [0.25, 0.3) is 5.91 Å². The lowest BCUT2D eigenvalue weighted by atomic mass is 10.4. The van der Waals surface area contributed by atoms with Crippen LogP contribution in [0.5, 0.6) is 0 Å². The third-order valence-corrected chi connectivity index (χ3v) is 2.77. The Morgan fingerprint density at radius 2 is 2.24 bits per heavy atom. The summed E-state index contributed by atoms with van der Waals surface area (Å²) < 4.78 is 12.0. The number of esters is 1. The molecule has 0 aliphatic carbocycles. The minimum Gasteiger partial charge on any atom is -0.465 e. The van der Waals surface area contributed by atoms with Gasteiger partial charge in [0.05, 0.1) is 13.2 Å². The molecule has 7 heteroatoms. The zero-order valence-corrected chi connectivity index (χ0v) is 12.0. The summed E-state index contributed by atoms with van der Waals surface area (Å²) in [6.45, 7) is 2.34. The van der Waals surface area contributed by atoms with Crippen molar-refractivity contribution < 1.29 is 18.7 Å². The van der Waals surface area contributed by atoms with Crippen LogP contribution < -0.4 is 0 Å². The molecule has 1 amide bonds. The van der Waals surface area contributed by atoms with Crippen LogP contribution in [-0.2, 0) is 16.1 Å². The van der Waals surface area contributed by atoms with Crippen molar-refractivity contribution in [2.24, 2.45) is 0 Å². The van der Waals surface area contributed by atoms with Crippen molar-refractivity contribution >= 4 is 11.9 Å². The molecule has 0 aliphatic rings. The van der Waals surface area contributed by atoms with Gasteiger partial charge in [-0.1, -0.05) is 0 Å². The van der Waals surface area contributed by atoms with Gasteiger partial charge in [-0.3, -0.25) is 14.3 Å². The van der Waals surface area contributed by atoms with Crippen molar-refractivity contribution in [3.05, 3.63) is 42.1 Å². The highest BCUT2D eigenvalue weighted by molar-refractivity contribution is 5.93. The zero-order valence-electron chi connectivity index (χ0n) is 12.0. The number of hydrogen-bond donors (Lipinski definition) is 0. The van der Waals surface area contributed by atoms with Gasteiger partial charge in [0.1, 0.15) is 12.3 Å². The first-order valence-electron chi connectivity index (χ1n) is 6.57. The number of ether oxygens (including phenoxy) is 1. The fraction of sp³-hybridized carbons (Fsp3) is 0.357. The van der Waals surface area contributed by atoms with Crippen LogP contribution in [-0.4, -0.2) is 46.8 Å². The number of furan rings is 1. The Bertz CT molecular complexity index is 604. The summed E-state index contributed by atoms with van der Waals surface area (Å²) in [5.41, 5.74) is 0. The second-order valence-electron chi connectivity index (χ2n) is 4.44. The van der Waals surface area contributed by atoms with E-state index in [2.05, 4.69) is 5.10 Å². The molecule has 21 heavy (non-hydrogen) atoms. The van der Waals surface area contributed by atoms with E-state index in [1.54, 1.807) is 36.1 Å². The number of carbonyl (C=O) groups is 2. The molecule has 7 nitrogen and oxygen atoms in total. The Morgan fingerprint density at radius 3 is 2.90 bits per heavy atom. The fourth-order valence-electron chi connectivity index (χ4n) is 1.79. The molecule has 0 fully saturated rings. The van der Waals surface area contributed by atoms with Gasteiger partial charge in [-0.2, -0.15) is 5.10 Å². The maximum Gasteiger partial charge on any atom is 0.325 e. The van der Waals surface area contributed by atoms with Gasteiger partial charge >= 0.3 is 5.97 Å². The van der Waals surface area contributed by atoms with Crippen LogP contribution in [0.3, 0.4) is 0 Å². The van der Waals surface area contributed by atoms with Crippen LogP contribution in [0.1, 0.15) is 23.2 Å². The average Bonchev–Trinajstić information content (AvgIpc) is 3.10. The summed E-state index contributed by atoms with van der Waals surface area (Å²) in [5, 5.41) is 4.06. The zero-order chi connectivity index (χ0) is 15.2. The predicted molar refractivity (Wildman–Crippen MR) is 73.6 cm³/mol. The standard InChI is InChI=1S/C14H17N3O4/c1-3-20-13(18)10-16(2)14(19)12-6-5-11(21-12)9-17-8-4-7-15-17/h4-8H,3,9-10H2,1-2H3. The monoisotopic (exact) mass is 291 g/mol. The third-order valence-electron chi connectivity index (χ3n) is 2.77. The lowest BCUT2D eigenvalue weighted by Crippen LogP contribution is -2.32. The van der Waals surface area contributed by atoms with Crippen LogP contribution in [0.25, 0.3) is 0 Å². The molecule has 0 aromatic carbocycles. The third kappa shape index (κ3) is 3.95. The Balaban J connectivity index is 1.96. The normalized spacial score (nSPS) is 10.4. The van der Waals surface area contributed by atoms with Gasteiger partial charge in [0.2, 0.25) is 0 Å². The molecule has 2 rings (SSSR count). The molecule has 0 saturated carbocycles. The van der Waals surface area contributed by atoms with Crippen molar-refractivity contribution in [3.63, 3.8) is 0 Å². The van der Waals surface area contributed by atoms with Gasteiger partial charge in [-0.05, 0) is 25.1 Å². The molecule has 2 heterocycles. The molecule has 0 N–H and O–H groups in total. The fourth-order valence-corrected chi connectivity index (χ4v) is 1.79. The van der Waals surface area contributed by atoms with E-state index in [4.69, 9.17) is 9.15 Å². The SMILES string of the molecule is CCOC(=O)CN(C)C(=O)c1ccc(Cn2cccn2)o1. The van der Waals surface area contributed by atoms with E-state index in [9.17, 15) is 9.59 Å². The summed E-state index contributed by atoms with van der Waals surface area (Å²) >= 11 is 0. The average molecular weight is 291 g/mol. The minimum absolute atomic E-state index is 0.109. The second-order valence-corrected chi connectivity index (χ2v) is 4.44. The Kier molecular flexibility index (Phi) is 4.76. The van der Waals surface area contributed by atoms with E-state index in [-0.39, 0.29) is 24.8 Å². The van der Waals surface area contributed by atoms with Gasteiger partial charge < -0.3 is 14.1 Å². The number of carbonyl (C=O) groups excluding carboxylic acids is 2. The highest BCUT2D eigenvalue weighted by Gasteiger charge is 2.19. The first kappa shape index (κ1) is 14.8. The summed E-state index contributed by atoms with van der Waals surface area (Å²) in [5.74, 6) is -0.0121. The van der Waals surface area contributed by atoms with Crippen LogP contribution in [0.15, 0.2) is 35.0 Å². The highest BCUT2D eigenvalue weighted by Crippen LogP contribution is 2.11. The highest BCUT2D eigenvalue weighted by atomic mass is 16.5. The summed E-state index contributed by atoms with van der Waals surface area (Å²) in [4.78, 5) is 24.7. The largest absolute Gasteiger partial charge is 0.465 e. The molecule has 0 unspecified atom stereocenters. The maximum atomic E-state index is 12.1.